The normalized spacial score (nSPS) is 14.5. The van der Waals surface area contributed by atoms with Crippen molar-refractivity contribution < 1.29 is 25.6 Å². The molecule has 4 nitrogen and oxygen atoms in total. The molecular formula is C67H48N4Pt-2. The van der Waals surface area contributed by atoms with Gasteiger partial charge in [-0.25, -0.2) is 4.98 Å². The molecule has 72 heavy (non-hydrogen) atoms. The van der Waals surface area contributed by atoms with Gasteiger partial charge in [-0.1, -0.05) is 184 Å². The van der Waals surface area contributed by atoms with Gasteiger partial charge in [-0.15, -0.1) is 5.39 Å². The molecule has 0 amide bonds. The van der Waals surface area contributed by atoms with Gasteiger partial charge in [0.05, 0.1) is 16.7 Å². The summed E-state index contributed by atoms with van der Waals surface area (Å²) in [6.07, 6.45) is 6.47. The zero-order valence-electron chi connectivity index (χ0n) is 40.2. The second kappa shape index (κ2) is 17.1. The van der Waals surface area contributed by atoms with Gasteiger partial charge in [-0.2, -0.15) is 53.6 Å². The van der Waals surface area contributed by atoms with Gasteiger partial charge >= 0.3 is 0 Å². The minimum atomic E-state index is -0.0465. The smallest absolute Gasteiger partial charge is 0.268 e. The van der Waals surface area contributed by atoms with Crippen LogP contribution in [0.25, 0.3) is 72.3 Å². The van der Waals surface area contributed by atoms with Crippen LogP contribution in [0.2, 0.25) is 0 Å². The van der Waals surface area contributed by atoms with Crippen LogP contribution >= 0.6 is 0 Å². The van der Waals surface area contributed by atoms with Crippen molar-refractivity contribution in [3.63, 3.8) is 0 Å². The topological polar surface area (TPSA) is 26.6 Å². The van der Waals surface area contributed by atoms with Crippen molar-refractivity contribution in [2.24, 2.45) is 0 Å². The van der Waals surface area contributed by atoms with Crippen molar-refractivity contribution in [2.75, 3.05) is 0 Å². The van der Waals surface area contributed by atoms with Crippen molar-refractivity contribution in [3.05, 3.63) is 281 Å². The van der Waals surface area contributed by atoms with Crippen molar-refractivity contribution in [2.45, 2.75) is 44.4 Å². The van der Waals surface area contributed by atoms with Crippen LogP contribution in [0.15, 0.2) is 212 Å². The third-order valence-corrected chi connectivity index (χ3v) is 15.1. The SMILES string of the molecule is CC(C)(C)c1ccnc(-n2c3[c-]c(Cc4[c-]c(-n5[c-][n+](-c6c(-c7ccccc7)cccc6-c6ccccc6)c6ccccc65)ccc4)ccc3c3cc4c(cc32)C2c3ccccc3C4c3ccccc32)c1.[Pt]. The van der Waals surface area contributed by atoms with Crippen molar-refractivity contribution in [1.82, 2.24) is 14.1 Å². The summed E-state index contributed by atoms with van der Waals surface area (Å²) in [5.41, 5.74) is 22.7. The van der Waals surface area contributed by atoms with E-state index in [1.807, 2.05) is 6.20 Å². The Labute approximate surface area is 434 Å². The number of aromatic nitrogens is 4. The van der Waals surface area contributed by atoms with Crippen LogP contribution in [-0.4, -0.2) is 14.1 Å². The molecule has 348 valence electrons. The number of pyridine rings is 1. The van der Waals surface area contributed by atoms with Crippen LogP contribution in [0.5, 0.6) is 0 Å². The molecule has 15 rings (SSSR count). The van der Waals surface area contributed by atoms with Gasteiger partial charge < -0.3 is 9.13 Å². The van der Waals surface area contributed by atoms with E-state index in [9.17, 15) is 0 Å². The number of benzene rings is 9. The zero-order valence-corrected chi connectivity index (χ0v) is 42.4. The fourth-order valence-corrected chi connectivity index (χ4v) is 11.8. The molecule has 0 saturated carbocycles. The third-order valence-electron chi connectivity index (χ3n) is 15.1. The standard InChI is InChI=1S/C67H48N4.Pt/c1-67(2,3)47-34-35-68-63(39-47)71-61-38-44(32-33-51(61)56-40-57-58(41-62(56)71)65-54-26-12-10-24-52(54)64(57)53-25-11-13-27-55(53)65)36-43-18-16-23-48(37-43)69-42-70(60-31-15-14-30-59(60)69)66-49(45-19-6-4-7-20-45)28-17-29-50(66)46-21-8-5-9-22-46;/h4-35,39-41,64-65H,36H2,1-3H3;/q-2;. The van der Waals surface area contributed by atoms with Crippen LogP contribution in [0.3, 0.4) is 0 Å². The Bertz CT molecular complexity index is 3980. The Kier molecular flexibility index (Phi) is 10.5. The first-order chi connectivity index (χ1) is 34.9. The van der Waals surface area contributed by atoms with E-state index in [0.29, 0.717) is 6.42 Å². The molecule has 9 aromatic carbocycles. The van der Waals surface area contributed by atoms with Gasteiger partial charge in [0.15, 0.2) is 0 Å². The predicted molar refractivity (Wildman–Crippen MR) is 287 cm³/mol. The van der Waals surface area contributed by atoms with E-state index in [-0.39, 0.29) is 38.3 Å². The van der Waals surface area contributed by atoms with E-state index in [0.717, 1.165) is 72.6 Å². The van der Waals surface area contributed by atoms with E-state index in [2.05, 4.69) is 259 Å². The first kappa shape index (κ1) is 44.1. The fourth-order valence-electron chi connectivity index (χ4n) is 11.8. The van der Waals surface area contributed by atoms with Crippen LogP contribution in [0.1, 0.15) is 82.7 Å². The molecule has 0 fully saturated rings. The maximum absolute atomic E-state index is 5.11. The molecule has 3 aliphatic rings. The number of imidazole rings is 1. The molecule has 0 unspecified atom stereocenters. The van der Waals surface area contributed by atoms with E-state index in [4.69, 9.17) is 4.98 Å². The van der Waals surface area contributed by atoms with E-state index in [1.165, 1.54) is 49.7 Å². The summed E-state index contributed by atoms with van der Waals surface area (Å²) in [5.74, 6) is 1.27. The first-order valence-corrected chi connectivity index (χ1v) is 24.7. The number of fused-ring (bicyclic) bond motifs is 4. The van der Waals surface area contributed by atoms with Crippen LogP contribution in [0, 0.1) is 18.5 Å². The molecule has 0 atom stereocenters. The molecular weight excluding hydrogens is 1060 g/mol. The maximum atomic E-state index is 5.11. The summed E-state index contributed by atoms with van der Waals surface area (Å²) < 4.78 is 6.78. The monoisotopic (exact) mass is 1100 g/mol. The Morgan fingerprint density at radius 3 is 1.75 bits per heavy atom. The average Bonchev–Trinajstić information content (AvgIpc) is 3.95. The van der Waals surface area contributed by atoms with Crippen molar-refractivity contribution in [1.29, 1.82) is 0 Å². The molecule has 0 spiro atoms. The van der Waals surface area contributed by atoms with Gasteiger partial charge in [-0.3, -0.25) is 4.57 Å². The largest absolute Gasteiger partial charge is 0.319 e. The average molecular weight is 1100 g/mol. The number of para-hydroxylation sites is 3. The first-order valence-electron chi connectivity index (χ1n) is 24.7. The molecule has 0 N–H and O–H groups in total. The minimum absolute atomic E-state index is 0. The Hall–Kier alpha value is -7.91. The zero-order chi connectivity index (χ0) is 47.4. The summed E-state index contributed by atoms with van der Waals surface area (Å²) in [6.45, 7) is 6.82. The van der Waals surface area contributed by atoms with Crippen molar-refractivity contribution >= 4 is 32.8 Å². The minimum Gasteiger partial charge on any atom is -0.319 e. The summed E-state index contributed by atoms with van der Waals surface area (Å²) in [6, 6.07) is 83.0. The fraction of sp³-hybridized carbons (Fsp3) is 0.104. The molecule has 3 heterocycles. The summed E-state index contributed by atoms with van der Waals surface area (Å²) >= 11 is 0. The van der Waals surface area contributed by atoms with Crippen molar-refractivity contribution in [3.8, 4) is 39.4 Å². The number of hydrogen-bond donors (Lipinski definition) is 0. The van der Waals surface area contributed by atoms with E-state index >= 15 is 0 Å². The number of hydrogen-bond acceptors (Lipinski definition) is 1. The molecule has 5 heteroatoms. The second-order valence-corrected chi connectivity index (χ2v) is 20.3. The van der Waals surface area contributed by atoms with Crippen LogP contribution < -0.4 is 4.57 Å². The van der Waals surface area contributed by atoms with E-state index < -0.39 is 0 Å². The van der Waals surface area contributed by atoms with Gasteiger partial charge in [0, 0.05) is 44.6 Å². The number of rotatable bonds is 7. The quantitative estimate of drug-likeness (QED) is 0.115. The van der Waals surface area contributed by atoms with Gasteiger partial charge in [0.2, 0.25) is 0 Å². The van der Waals surface area contributed by atoms with E-state index in [1.54, 1.807) is 0 Å². The molecule has 3 aliphatic carbocycles. The van der Waals surface area contributed by atoms with Crippen LogP contribution in [-0.2, 0) is 32.9 Å². The second-order valence-electron chi connectivity index (χ2n) is 20.3. The molecule has 3 aromatic heterocycles. The third kappa shape index (κ3) is 6.99. The molecule has 0 saturated heterocycles. The predicted octanol–water partition coefficient (Wildman–Crippen LogP) is 15.0. The van der Waals surface area contributed by atoms with Gasteiger partial charge in [0.1, 0.15) is 5.82 Å². The molecule has 0 radical (unpaired) electrons. The maximum Gasteiger partial charge on any atom is 0.268 e. The summed E-state index contributed by atoms with van der Waals surface area (Å²) in [7, 11) is 0. The Morgan fingerprint density at radius 1 is 0.514 bits per heavy atom. The summed E-state index contributed by atoms with van der Waals surface area (Å²) in [5, 5.41) is 2.41. The molecule has 0 aliphatic heterocycles. The Morgan fingerprint density at radius 2 is 1.10 bits per heavy atom. The van der Waals surface area contributed by atoms with Crippen LogP contribution in [0.4, 0.5) is 0 Å². The van der Waals surface area contributed by atoms with Gasteiger partial charge in [-0.05, 0) is 102 Å². The molecule has 12 aromatic rings. The molecule has 2 bridgehead atoms. The Balaban J connectivity index is 0.00000504. The summed E-state index contributed by atoms with van der Waals surface area (Å²) in [4.78, 5) is 5.11. The number of nitrogens with zero attached hydrogens (tertiary/aromatic N) is 4. The van der Waals surface area contributed by atoms with Gasteiger partial charge in [0.25, 0.3) is 6.33 Å².